The molecule has 32 heavy (non-hydrogen) atoms. The molecular formula is C26H37N3O3. The van der Waals surface area contributed by atoms with Gasteiger partial charge < -0.3 is 19.1 Å². The van der Waals surface area contributed by atoms with E-state index in [9.17, 15) is 4.79 Å². The average molecular weight is 440 g/mol. The fraction of sp³-hybridized carbons (Fsp3) is 0.500. The van der Waals surface area contributed by atoms with E-state index in [1.165, 1.54) is 22.4 Å². The number of allylic oxidation sites excluding steroid dienone is 3. The first-order chi connectivity index (χ1) is 15.5. The molecule has 2 aromatic rings. The first-order valence-electron chi connectivity index (χ1n) is 11.4. The summed E-state index contributed by atoms with van der Waals surface area (Å²) in [6.07, 6.45) is 10.1. The molecule has 1 aliphatic carbocycles. The molecule has 6 heteroatoms. The molecular weight excluding hydrogens is 402 g/mol. The molecule has 174 valence electrons. The zero-order valence-corrected chi connectivity index (χ0v) is 20.1. The van der Waals surface area contributed by atoms with Gasteiger partial charge in [-0.15, -0.1) is 0 Å². The predicted octanol–water partition coefficient (Wildman–Crippen LogP) is 3.73. The number of rotatable bonds is 6. The quantitative estimate of drug-likeness (QED) is 0.695. The average Bonchev–Trinajstić information content (AvgIpc) is 3.23. The molecule has 0 amide bonds. The van der Waals surface area contributed by atoms with Gasteiger partial charge in [0, 0.05) is 61.3 Å². The second-order valence-corrected chi connectivity index (χ2v) is 8.81. The first kappa shape index (κ1) is 24.4. The molecule has 6 nitrogen and oxygen atoms in total. The van der Waals surface area contributed by atoms with E-state index < -0.39 is 0 Å². The van der Waals surface area contributed by atoms with Gasteiger partial charge >= 0.3 is 0 Å². The van der Waals surface area contributed by atoms with Crippen molar-refractivity contribution in [2.45, 2.75) is 32.7 Å². The smallest absolute Gasteiger partial charge is 0.150 e. The van der Waals surface area contributed by atoms with Crippen LogP contribution < -0.4 is 0 Å². The van der Waals surface area contributed by atoms with E-state index in [0.717, 1.165) is 75.7 Å². The number of likely N-dealkylation sites (N-methyl/N-ethyl adjacent to an activating group) is 1. The number of morpholine rings is 1. The highest BCUT2D eigenvalue weighted by Gasteiger charge is 2.24. The van der Waals surface area contributed by atoms with Crippen LogP contribution in [0.15, 0.2) is 36.1 Å². The molecule has 0 radical (unpaired) electrons. The highest BCUT2D eigenvalue weighted by molar-refractivity contribution is 5.83. The van der Waals surface area contributed by atoms with Crippen LogP contribution in [-0.2, 0) is 4.74 Å². The lowest BCUT2D eigenvalue weighted by atomic mass is 9.95. The molecule has 1 N–H and O–H groups in total. The minimum absolute atomic E-state index is 0.219. The third kappa shape index (κ3) is 5.21. The maximum absolute atomic E-state index is 11.8. The summed E-state index contributed by atoms with van der Waals surface area (Å²) in [4.78, 5) is 16.5. The van der Waals surface area contributed by atoms with Gasteiger partial charge in [0.15, 0.2) is 0 Å². The van der Waals surface area contributed by atoms with E-state index in [1.54, 1.807) is 0 Å². The summed E-state index contributed by atoms with van der Waals surface area (Å²) in [5.41, 5.74) is 8.13. The fourth-order valence-electron chi connectivity index (χ4n) is 4.82. The molecule has 0 saturated carbocycles. The maximum atomic E-state index is 11.8. The van der Waals surface area contributed by atoms with Gasteiger partial charge in [-0.2, -0.15) is 0 Å². The lowest BCUT2D eigenvalue weighted by Gasteiger charge is -2.33. The summed E-state index contributed by atoms with van der Waals surface area (Å²) in [5.74, 6) is 0. The van der Waals surface area contributed by atoms with Crippen molar-refractivity contribution in [1.29, 1.82) is 0 Å². The molecule has 0 bridgehead atoms. The van der Waals surface area contributed by atoms with E-state index in [-0.39, 0.29) is 6.04 Å². The summed E-state index contributed by atoms with van der Waals surface area (Å²) in [6.45, 7) is 8.69. The molecule has 2 aliphatic rings. The third-order valence-corrected chi connectivity index (χ3v) is 6.39. The summed E-state index contributed by atoms with van der Waals surface area (Å²) in [7, 11) is 5.24. The Balaban J connectivity index is 0.00000141. The second-order valence-electron chi connectivity index (χ2n) is 8.81. The molecule has 2 aromatic heterocycles. The van der Waals surface area contributed by atoms with Gasteiger partial charge in [0.05, 0.1) is 13.2 Å². The molecule has 0 aromatic carbocycles. The Morgan fingerprint density at radius 2 is 1.94 bits per heavy atom. The van der Waals surface area contributed by atoms with Gasteiger partial charge in [-0.05, 0) is 64.1 Å². The molecule has 0 spiro atoms. The van der Waals surface area contributed by atoms with E-state index in [0.29, 0.717) is 0 Å². The number of carbonyl (C=O) groups is 1. The number of fused-ring (bicyclic) bond motifs is 1. The Morgan fingerprint density at radius 1 is 1.22 bits per heavy atom. The standard InChI is InChI=1S/C25H33N3O2.CH4O/c1-18-23(17-29)14-24-13-22(21-7-5-6-20(12-21)15-26(3)4)16-28(24)25(18)19(2)27-8-10-30-11-9-27;1-2/h7,12-14,16-17,19H,5-6,8-11,15H2,1-4H3;2H,1H3. The Morgan fingerprint density at radius 3 is 2.59 bits per heavy atom. The molecule has 1 saturated heterocycles. The Labute approximate surface area is 191 Å². The van der Waals surface area contributed by atoms with Crippen LogP contribution >= 0.6 is 0 Å². The van der Waals surface area contributed by atoms with E-state index in [2.05, 4.69) is 66.6 Å². The number of aliphatic hydroxyl groups excluding tert-OH is 1. The Kier molecular flexibility index (Phi) is 8.43. The number of carbonyl (C=O) groups excluding carboxylic acids is 1. The van der Waals surface area contributed by atoms with Crippen LogP contribution in [0.1, 0.15) is 53.0 Å². The summed E-state index contributed by atoms with van der Waals surface area (Å²) < 4.78 is 7.85. The van der Waals surface area contributed by atoms with Crippen LogP contribution in [-0.4, -0.2) is 79.6 Å². The minimum Gasteiger partial charge on any atom is -0.400 e. The lowest BCUT2D eigenvalue weighted by molar-refractivity contribution is 0.0187. The number of hydrogen-bond acceptors (Lipinski definition) is 5. The monoisotopic (exact) mass is 439 g/mol. The fourth-order valence-corrected chi connectivity index (χ4v) is 4.82. The van der Waals surface area contributed by atoms with Gasteiger partial charge in [-0.1, -0.05) is 17.7 Å². The number of nitrogens with zero attached hydrogens (tertiary/aromatic N) is 3. The van der Waals surface area contributed by atoms with Crippen LogP contribution in [0.25, 0.3) is 11.1 Å². The third-order valence-electron chi connectivity index (χ3n) is 6.39. The van der Waals surface area contributed by atoms with Crippen molar-refractivity contribution in [2.24, 2.45) is 0 Å². The van der Waals surface area contributed by atoms with E-state index >= 15 is 0 Å². The van der Waals surface area contributed by atoms with Crippen LogP contribution in [0.4, 0.5) is 0 Å². The van der Waals surface area contributed by atoms with Crippen molar-refractivity contribution in [3.05, 3.63) is 58.4 Å². The van der Waals surface area contributed by atoms with Crippen molar-refractivity contribution in [3.8, 4) is 0 Å². The minimum atomic E-state index is 0.219. The second kappa shape index (κ2) is 11.1. The van der Waals surface area contributed by atoms with Gasteiger partial charge in [-0.25, -0.2) is 0 Å². The van der Waals surface area contributed by atoms with Gasteiger partial charge in [0.2, 0.25) is 0 Å². The summed E-state index contributed by atoms with van der Waals surface area (Å²) >= 11 is 0. The van der Waals surface area contributed by atoms with Crippen molar-refractivity contribution in [2.75, 3.05) is 54.1 Å². The summed E-state index contributed by atoms with van der Waals surface area (Å²) in [6, 6.07) is 4.47. The molecule has 1 unspecified atom stereocenters. The largest absolute Gasteiger partial charge is 0.400 e. The van der Waals surface area contributed by atoms with Crippen molar-refractivity contribution in [1.82, 2.24) is 14.2 Å². The number of ether oxygens (including phenoxy) is 1. The number of aliphatic hydroxyl groups is 1. The van der Waals surface area contributed by atoms with Crippen LogP contribution in [0.3, 0.4) is 0 Å². The highest BCUT2D eigenvalue weighted by Crippen LogP contribution is 2.32. The topological polar surface area (TPSA) is 57.4 Å². The summed E-state index contributed by atoms with van der Waals surface area (Å²) in [5, 5.41) is 7.00. The van der Waals surface area contributed by atoms with Crippen LogP contribution in [0.5, 0.6) is 0 Å². The Hall–Kier alpha value is -2.25. The number of aromatic nitrogens is 1. The number of aldehydes is 1. The SMILES string of the molecule is CO.Cc1c(C=O)cc2cc(C3=CCCC(CN(C)C)=C3)cn2c1C(C)N1CCOCC1. The van der Waals surface area contributed by atoms with Crippen molar-refractivity contribution < 1.29 is 14.6 Å². The highest BCUT2D eigenvalue weighted by atomic mass is 16.5. The number of pyridine rings is 1. The molecule has 3 heterocycles. The lowest BCUT2D eigenvalue weighted by Crippen LogP contribution is -2.38. The molecule has 1 atom stereocenters. The van der Waals surface area contributed by atoms with E-state index in [4.69, 9.17) is 9.84 Å². The van der Waals surface area contributed by atoms with Gasteiger partial charge in [0.1, 0.15) is 6.29 Å². The van der Waals surface area contributed by atoms with Gasteiger partial charge in [-0.3, -0.25) is 9.69 Å². The Bertz CT molecular complexity index is 997. The predicted molar refractivity (Wildman–Crippen MR) is 130 cm³/mol. The van der Waals surface area contributed by atoms with Crippen molar-refractivity contribution >= 4 is 17.4 Å². The first-order valence-corrected chi connectivity index (χ1v) is 11.4. The zero-order valence-electron chi connectivity index (χ0n) is 20.1. The van der Waals surface area contributed by atoms with E-state index in [1.807, 2.05) is 6.07 Å². The molecule has 1 fully saturated rings. The van der Waals surface area contributed by atoms with Crippen molar-refractivity contribution in [3.63, 3.8) is 0 Å². The van der Waals surface area contributed by atoms with Crippen LogP contribution in [0.2, 0.25) is 0 Å². The number of hydrogen-bond donors (Lipinski definition) is 1. The van der Waals surface area contributed by atoms with Crippen LogP contribution in [0, 0.1) is 6.92 Å². The molecule has 4 rings (SSSR count). The maximum Gasteiger partial charge on any atom is 0.150 e. The normalized spacial score (nSPS) is 18.1. The zero-order chi connectivity index (χ0) is 23.3. The molecule has 1 aliphatic heterocycles. The van der Waals surface area contributed by atoms with Gasteiger partial charge in [0.25, 0.3) is 0 Å².